The van der Waals surface area contributed by atoms with Gasteiger partial charge in [-0.2, -0.15) is 0 Å². The van der Waals surface area contributed by atoms with Crippen molar-refractivity contribution in [2.75, 3.05) is 6.54 Å². The van der Waals surface area contributed by atoms with Crippen molar-refractivity contribution >= 4 is 18.1 Å². The van der Waals surface area contributed by atoms with Gasteiger partial charge in [-0.05, 0) is 41.7 Å². The summed E-state index contributed by atoms with van der Waals surface area (Å²) in [4.78, 5) is 43.8. The molecule has 0 radical (unpaired) electrons. The summed E-state index contributed by atoms with van der Waals surface area (Å²) in [6.07, 6.45) is 2.84. The van der Waals surface area contributed by atoms with E-state index in [4.69, 9.17) is 4.84 Å². The van der Waals surface area contributed by atoms with E-state index >= 15 is 0 Å². The molecule has 0 bridgehead atoms. The second-order valence-corrected chi connectivity index (χ2v) is 9.52. The van der Waals surface area contributed by atoms with E-state index in [1.807, 2.05) is 58.0 Å². The SMILES string of the molecule is CCCCC(CN(C=O)OCc1ccccc1)C(=O)NC(C(=O)c1ccc(O)cc1)C(C)(C)C. The van der Waals surface area contributed by atoms with Gasteiger partial charge in [-0.25, -0.2) is 5.06 Å². The zero-order chi connectivity index (χ0) is 25.1. The fraction of sp³-hybridized carbons (Fsp3) is 0.444. The number of ketones is 1. The van der Waals surface area contributed by atoms with Crippen molar-refractivity contribution in [3.8, 4) is 5.75 Å². The molecular formula is C27H36N2O5. The van der Waals surface area contributed by atoms with Crippen LogP contribution in [0, 0.1) is 11.3 Å². The van der Waals surface area contributed by atoms with Gasteiger partial charge in [0.2, 0.25) is 12.3 Å². The molecule has 0 saturated carbocycles. The van der Waals surface area contributed by atoms with E-state index in [1.165, 1.54) is 12.1 Å². The fourth-order valence-corrected chi connectivity index (χ4v) is 3.56. The smallest absolute Gasteiger partial charge is 0.233 e. The van der Waals surface area contributed by atoms with Crippen LogP contribution in [0.4, 0.5) is 0 Å². The molecule has 184 valence electrons. The van der Waals surface area contributed by atoms with Crippen molar-refractivity contribution in [1.29, 1.82) is 0 Å². The quantitative estimate of drug-likeness (QED) is 0.256. The van der Waals surface area contributed by atoms with Gasteiger partial charge < -0.3 is 10.4 Å². The van der Waals surface area contributed by atoms with Crippen molar-refractivity contribution in [2.45, 2.75) is 59.6 Å². The number of hydrogen-bond donors (Lipinski definition) is 2. The third-order valence-electron chi connectivity index (χ3n) is 5.60. The number of hydroxylamine groups is 2. The van der Waals surface area contributed by atoms with Crippen LogP contribution in [0.3, 0.4) is 0 Å². The zero-order valence-corrected chi connectivity index (χ0v) is 20.5. The van der Waals surface area contributed by atoms with Gasteiger partial charge in [0.1, 0.15) is 12.4 Å². The molecule has 0 aliphatic rings. The van der Waals surface area contributed by atoms with Crippen molar-refractivity contribution in [3.05, 3.63) is 65.7 Å². The highest BCUT2D eigenvalue weighted by Gasteiger charge is 2.35. The van der Waals surface area contributed by atoms with Gasteiger partial charge in [-0.1, -0.05) is 70.9 Å². The number of unbranched alkanes of at least 4 members (excludes halogenated alkanes) is 1. The monoisotopic (exact) mass is 468 g/mol. The molecule has 0 heterocycles. The Morgan fingerprint density at radius 2 is 1.74 bits per heavy atom. The van der Waals surface area contributed by atoms with Crippen LogP contribution in [0.15, 0.2) is 54.6 Å². The van der Waals surface area contributed by atoms with Gasteiger partial charge in [0, 0.05) is 5.56 Å². The molecule has 2 atom stereocenters. The van der Waals surface area contributed by atoms with E-state index < -0.39 is 17.4 Å². The minimum Gasteiger partial charge on any atom is -0.508 e. The second kappa shape index (κ2) is 12.9. The number of carbonyl (C=O) groups is 3. The van der Waals surface area contributed by atoms with Gasteiger partial charge in [0.05, 0.1) is 18.5 Å². The minimum atomic E-state index is -0.774. The number of amides is 2. The van der Waals surface area contributed by atoms with Crippen LogP contribution in [-0.2, 0) is 21.0 Å². The highest BCUT2D eigenvalue weighted by Crippen LogP contribution is 2.25. The molecule has 2 amide bonds. The summed E-state index contributed by atoms with van der Waals surface area (Å²) in [5.41, 5.74) is 0.772. The lowest BCUT2D eigenvalue weighted by Gasteiger charge is -2.32. The molecule has 7 nitrogen and oxygen atoms in total. The van der Waals surface area contributed by atoms with E-state index in [9.17, 15) is 19.5 Å². The van der Waals surface area contributed by atoms with Gasteiger partial charge in [-0.3, -0.25) is 19.2 Å². The van der Waals surface area contributed by atoms with Crippen LogP contribution >= 0.6 is 0 Å². The maximum Gasteiger partial charge on any atom is 0.233 e. The second-order valence-electron chi connectivity index (χ2n) is 9.52. The Bertz CT molecular complexity index is 922. The Balaban J connectivity index is 2.14. The van der Waals surface area contributed by atoms with E-state index in [0.717, 1.165) is 23.5 Å². The Morgan fingerprint density at radius 1 is 1.09 bits per heavy atom. The van der Waals surface area contributed by atoms with E-state index in [0.29, 0.717) is 18.4 Å². The molecular weight excluding hydrogens is 432 g/mol. The van der Waals surface area contributed by atoms with Gasteiger partial charge in [0.25, 0.3) is 0 Å². The average Bonchev–Trinajstić information content (AvgIpc) is 2.82. The molecule has 2 rings (SSSR count). The van der Waals surface area contributed by atoms with Gasteiger partial charge in [-0.15, -0.1) is 0 Å². The lowest BCUT2D eigenvalue weighted by molar-refractivity contribution is -0.182. The van der Waals surface area contributed by atoms with Gasteiger partial charge >= 0.3 is 0 Å². The van der Waals surface area contributed by atoms with Crippen LogP contribution in [-0.4, -0.2) is 40.9 Å². The number of carbonyl (C=O) groups excluding carboxylic acids is 3. The number of Topliss-reactive ketones (excluding diaryl/α,β-unsaturated/α-hetero) is 1. The van der Waals surface area contributed by atoms with Crippen molar-refractivity contribution in [1.82, 2.24) is 10.4 Å². The highest BCUT2D eigenvalue weighted by atomic mass is 16.7. The van der Waals surface area contributed by atoms with Crippen LogP contribution < -0.4 is 5.32 Å². The van der Waals surface area contributed by atoms with Gasteiger partial charge in [0.15, 0.2) is 5.78 Å². The molecule has 34 heavy (non-hydrogen) atoms. The number of phenolic OH excluding ortho intramolecular Hbond substituents is 1. The molecule has 0 aliphatic heterocycles. The molecule has 7 heteroatoms. The number of nitrogens with zero attached hydrogens (tertiary/aromatic N) is 1. The molecule has 0 saturated heterocycles. The van der Waals surface area contributed by atoms with Crippen LogP contribution in [0.5, 0.6) is 5.75 Å². The summed E-state index contributed by atoms with van der Waals surface area (Å²) < 4.78 is 0. The first-order valence-corrected chi connectivity index (χ1v) is 11.7. The summed E-state index contributed by atoms with van der Waals surface area (Å²) in [7, 11) is 0. The van der Waals surface area contributed by atoms with E-state index in [2.05, 4.69) is 5.32 Å². The maximum absolute atomic E-state index is 13.3. The lowest BCUT2D eigenvalue weighted by atomic mass is 9.81. The van der Waals surface area contributed by atoms with E-state index in [1.54, 1.807) is 12.1 Å². The predicted molar refractivity (Wildman–Crippen MR) is 131 cm³/mol. The Morgan fingerprint density at radius 3 is 2.29 bits per heavy atom. The van der Waals surface area contributed by atoms with Crippen LogP contribution in [0.25, 0.3) is 0 Å². The summed E-state index contributed by atoms with van der Waals surface area (Å²) in [5, 5.41) is 13.6. The average molecular weight is 469 g/mol. The number of rotatable bonds is 13. The first kappa shape index (κ1) is 27.1. The summed E-state index contributed by atoms with van der Waals surface area (Å²) in [5.74, 6) is -0.992. The fourth-order valence-electron chi connectivity index (χ4n) is 3.56. The summed E-state index contributed by atoms with van der Waals surface area (Å²) >= 11 is 0. The predicted octanol–water partition coefficient (Wildman–Crippen LogP) is 4.50. The third-order valence-corrected chi connectivity index (χ3v) is 5.60. The van der Waals surface area contributed by atoms with Crippen LogP contribution in [0.2, 0.25) is 0 Å². The first-order chi connectivity index (χ1) is 16.2. The molecule has 2 unspecified atom stereocenters. The number of hydrogen-bond acceptors (Lipinski definition) is 5. The highest BCUT2D eigenvalue weighted by molar-refractivity contribution is 6.02. The maximum atomic E-state index is 13.3. The zero-order valence-electron chi connectivity index (χ0n) is 20.5. The largest absolute Gasteiger partial charge is 0.508 e. The number of nitrogens with one attached hydrogen (secondary N) is 1. The standard InChI is InChI=1S/C27H36N2O5/c1-5-6-12-22(17-29(19-30)34-18-20-10-8-7-9-11-20)26(33)28-25(27(2,3)4)24(32)21-13-15-23(31)16-14-21/h7-11,13-16,19,22,25,31H,5-6,12,17-18H2,1-4H3,(H,28,33). The summed E-state index contributed by atoms with van der Waals surface area (Å²) in [6.45, 7) is 8.00. The lowest BCUT2D eigenvalue weighted by Crippen LogP contribution is -2.52. The molecule has 0 aliphatic carbocycles. The molecule has 2 aromatic carbocycles. The van der Waals surface area contributed by atoms with Crippen molar-refractivity contribution in [3.63, 3.8) is 0 Å². The number of phenols is 1. The molecule has 2 N–H and O–H groups in total. The number of benzene rings is 2. The van der Waals surface area contributed by atoms with Crippen LogP contribution in [0.1, 0.15) is 62.9 Å². The number of aromatic hydroxyl groups is 1. The van der Waals surface area contributed by atoms with E-state index in [-0.39, 0.29) is 30.6 Å². The topological polar surface area (TPSA) is 95.9 Å². The normalized spacial score (nSPS) is 13.1. The van der Waals surface area contributed by atoms with Crippen molar-refractivity contribution < 1.29 is 24.3 Å². The molecule has 0 aromatic heterocycles. The molecule has 2 aromatic rings. The molecule has 0 spiro atoms. The molecule has 0 fully saturated rings. The first-order valence-electron chi connectivity index (χ1n) is 11.7. The Kier molecular flexibility index (Phi) is 10.3. The third kappa shape index (κ3) is 8.30. The Labute approximate surface area is 202 Å². The summed E-state index contributed by atoms with van der Waals surface area (Å²) in [6, 6.07) is 14.7. The van der Waals surface area contributed by atoms with Crippen molar-refractivity contribution in [2.24, 2.45) is 11.3 Å². The minimum absolute atomic E-state index is 0.0666. The Hall–Kier alpha value is -3.19.